The highest BCUT2D eigenvalue weighted by Gasteiger charge is 2.31. The van der Waals surface area contributed by atoms with Crippen molar-refractivity contribution in [2.45, 2.75) is 38.7 Å². The van der Waals surface area contributed by atoms with E-state index in [1.165, 1.54) is 19.2 Å². The van der Waals surface area contributed by atoms with Crippen LogP contribution in [0.3, 0.4) is 0 Å². The zero-order chi connectivity index (χ0) is 31.9. The summed E-state index contributed by atoms with van der Waals surface area (Å²) in [6.45, 7) is 3.78. The van der Waals surface area contributed by atoms with Gasteiger partial charge in [-0.15, -0.1) is 13.2 Å². The summed E-state index contributed by atoms with van der Waals surface area (Å²) in [5, 5.41) is 15.1. The molecule has 0 saturated heterocycles. The number of amides is 1. The van der Waals surface area contributed by atoms with Gasteiger partial charge in [-0.25, -0.2) is 4.98 Å². The Hall–Kier alpha value is -5.03. The molecule has 0 fully saturated rings. The van der Waals surface area contributed by atoms with Crippen molar-refractivity contribution in [2.75, 3.05) is 13.7 Å². The number of rotatable bonds is 9. The summed E-state index contributed by atoms with van der Waals surface area (Å²) in [4.78, 5) is 18.5. The molecule has 0 saturated carbocycles. The number of nitrogens with zero attached hydrogens (tertiary/aromatic N) is 2. The average molecular weight is 618 g/mol. The SMILES string of the molecule is COc1cccc2cc(-c3cc(C(=O)NC(CO)Cc4cn(C(C)C)c5ccccc45)c4cc(OC(F)(F)F)ccc4n3)oc12. The molecule has 6 aromatic rings. The van der Waals surface area contributed by atoms with Crippen molar-refractivity contribution in [3.05, 3.63) is 90.1 Å². The second-order valence-electron chi connectivity index (χ2n) is 11.0. The summed E-state index contributed by atoms with van der Waals surface area (Å²) in [5.74, 6) is -0.252. The number of hydrogen-bond donors (Lipinski definition) is 2. The maximum atomic E-state index is 13.9. The lowest BCUT2D eigenvalue weighted by molar-refractivity contribution is -0.274. The lowest BCUT2D eigenvalue weighted by atomic mass is 10.0. The van der Waals surface area contributed by atoms with Crippen LogP contribution >= 0.6 is 0 Å². The molecule has 0 spiro atoms. The molecule has 0 aliphatic heterocycles. The Labute approximate surface area is 256 Å². The number of carbonyl (C=O) groups is 1. The van der Waals surface area contributed by atoms with E-state index in [9.17, 15) is 23.1 Å². The maximum Gasteiger partial charge on any atom is 0.573 e. The number of para-hydroxylation sites is 2. The van der Waals surface area contributed by atoms with Crippen molar-refractivity contribution in [1.29, 1.82) is 0 Å². The van der Waals surface area contributed by atoms with Gasteiger partial charge in [0.25, 0.3) is 5.91 Å². The number of furan rings is 1. The number of alkyl halides is 3. The fourth-order valence-corrected chi connectivity index (χ4v) is 5.60. The number of hydrogen-bond acceptors (Lipinski definition) is 6. The van der Waals surface area contributed by atoms with Crippen LogP contribution in [0, 0.1) is 0 Å². The molecule has 11 heteroatoms. The average Bonchev–Trinajstić information content (AvgIpc) is 3.61. The Bertz CT molecular complexity index is 2030. The quantitative estimate of drug-likeness (QED) is 0.175. The lowest BCUT2D eigenvalue weighted by Gasteiger charge is -2.18. The third-order valence-electron chi connectivity index (χ3n) is 7.64. The normalized spacial score (nSPS) is 12.7. The molecule has 2 N–H and O–H groups in total. The van der Waals surface area contributed by atoms with Gasteiger partial charge in [-0.05, 0) is 68.3 Å². The van der Waals surface area contributed by atoms with E-state index in [-0.39, 0.29) is 34.8 Å². The van der Waals surface area contributed by atoms with Crippen LogP contribution in [-0.4, -0.2) is 46.7 Å². The summed E-state index contributed by atoms with van der Waals surface area (Å²) in [5.41, 5.74) is 3.04. The highest BCUT2D eigenvalue weighted by Crippen LogP contribution is 2.35. The minimum atomic E-state index is -4.92. The molecule has 232 valence electrons. The first-order valence-corrected chi connectivity index (χ1v) is 14.3. The molecule has 0 bridgehead atoms. The zero-order valence-corrected chi connectivity index (χ0v) is 24.7. The van der Waals surface area contributed by atoms with Crippen LogP contribution in [0.25, 0.3) is 44.2 Å². The van der Waals surface area contributed by atoms with Gasteiger partial charge in [0.2, 0.25) is 0 Å². The number of ether oxygens (including phenoxy) is 2. The van der Waals surface area contributed by atoms with Gasteiger partial charge in [-0.3, -0.25) is 4.79 Å². The van der Waals surface area contributed by atoms with Gasteiger partial charge in [0, 0.05) is 33.9 Å². The number of aliphatic hydroxyl groups excluding tert-OH is 1. The van der Waals surface area contributed by atoms with Crippen molar-refractivity contribution in [2.24, 2.45) is 0 Å². The van der Waals surface area contributed by atoms with E-state index in [0.29, 0.717) is 23.5 Å². The molecular weight excluding hydrogens is 587 g/mol. The van der Waals surface area contributed by atoms with Gasteiger partial charge in [0.1, 0.15) is 11.4 Å². The Morgan fingerprint density at radius 2 is 1.84 bits per heavy atom. The van der Waals surface area contributed by atoms with Gasteiger partial charge in [-0.1, -0.05) is 30.3 Å². The van der Waals surface area contributed by atoms with Gasteiger partial charge in [0.05, 0.1) is 30.8 Å². The van der Waals surface area contributed by atoms with E-state index < -0.39 is 24.1 Å². The van der Waals surface area contributed by atoms with E-state index in [4.69, 9.17) is 9.15 Å². The van der Waals surface area contributed by atoms with E-state index in [2.05, 4.69) is 33.5 Å². The summed E-state index contributed by atoms with van der Waals surface area (Å²) < 4.78 is 56.9. The Kier molecular flexibility index (Phi) is 7.88. The first kappa shape index (κ1) is 30.0. The minimum Gasteiger partial charge on any atom is -0.493 e. The fraction of sp³-hybridized carbons (Fsp3) is 0.235. The highest BCUT2D eigenvalue weighted by molar-refractivity contribution is 6.07. The highest BCUT2D eigenvalue weighted by atomic mass is 19.4. The van der Waals surface area contributed by atoms with Crippen molar-refractivity contribution in [3.63, 3.8) is 0 Å². The first-order chi connectivity index (χ1) is 21.5. The second-order valence-corrected chi connectivity index (χ2v) is 11.0. The van der Waals surface area contributed by atoms with Crippen molar-refractivity contribution in [3.8, 4) is 23.0 Å². The number of benzene rings is 3. The number of carbonyl (C=O) groups excluding carboxylic acids is 1. The number of methoxy groups -OCH3 is 1. The number of fused-ring (bicyclic) bond motifs is 3. The molecular formula is C34H30F3N3O5. The topological polar surface area (TPSA) is 98.8 Å². The Morgan fingerprint density at radius 1 is 1.04 bits per heavy atom. The molecule has 1 atom stereocenters. The van der Waals surface area contributed by atoms with Crippen LogP contribution in [0.1, 0.15) is 35.8 Å². The fourth-order valence-electron chi connectivity index (χ4n) is 5.60. The summed E-state index contributed by atoms with van der Waals surface area (Å²) in [7, 11) is 1.52. The minimum absolute atomic E-state index is 0.0399. The third kappa shape index (κ3) is 6.03. The zero-order valence-electron chi connectivity index (χ0n) is 24.7. The van der Waals surface area contributed by atoms with Crippen molar-refractivity contribution < 1.29 is 37.0 Å². The molecule has 6 rings (SSSR count). The molecule has 0 aliphatic carbocycles. The molecule has 1 amide bonds. The molecule has 0 aliphatic rings. The monoisotopic (exact) mass is 617 g/mol. The van der Waals surface area contributed by atoms with E-state index >= 15 is 0 Å². The first-order valence-electron chi connectivity index (χ1n) is 14.3. The number of aromatic nitrogens is 2. The van der Waals surface area contributed by atoms with Crippen LogP contribution in [0.4, 0.5) is 13.2 Å². The maximum absolute atomic E-state index is 13.9. The van der Waals surface area contributed by atoms with Crippen LogP contribution in [0.15, 0.2) is 83.4 Å². The lowest BCUT2D eigenvalue weighted by Crippen LogP contribution is -2.39. The summed E-state index contributed by atoms with van der Waals surface area (Å²) in [6, 6.07) is 19.6. The predicted octanol–water partition coefficient (Wildman–Crippen LogP) is 7.42. The molecule has 1 unspecified atom stereocenters. The van der Waals surface area contributed by atoms with Crippen LogP contribution in [-0.2, 0) is 6.42 Å². The van der Waals surface area contributed by atoms with E-state index in [1.807, 2.05) is 42.6 Å². The summed E-state index contributed by atoms with van der Waals surface area (Å²) >= 11 is 0. The molecule has 8 nitrogen and oxygen atoms in total. The Balaban J connectivity index is 1.40. The molecule has 3 aromatic heterocycles. The largest absolute Gasteiger partial charge is 0.573 e. The van der Waals surface area contributed by atoms with Crippen LogP contribution in [0.2, 0.25) is 0 Å². The predicted molar refractivity (Wildman–Crippen MR) is 165 cm³/mol. The number of halogens is 3. The smallest absolute Gasteiger partial charge is 0.493 e. The number of pyridine rings is 1. The van der Waals surface area contributed by atoms with Gasteiger partial charge in [0.15, 0.2) is 17.1 Å². The van der Waals surface area contributed by atoms with E-state index in [1.54, 1.807) is 12.1 Å². The van der Waals surface area contributed by atoms with Gasteiger partial charge in [-0.2, -0.15) is 0 Å². The molecule has 3 heterocycles. The second kappa shape index (κ2) is 11.8. The Morgan fingerprint density at radius 3 is 2.58 bits per heavy atom. The van der Waals surface area contributed by atoms with Gasteiger partial charge >= 0.3 is 6.36 Å². The molecule has 3 aromatic carbocycles. The number of nitrogens with one attached hydrogen (secondary N) is 1. The standard InChI is InChI=1S/C34H30F3N3O5/c1-19(2)40-17-21(24-8-4-5-9-29(24)40)13-22(18-41)38-33(42)26-16-28(31-14-20-7-6-10-30(43-3)32(20)44-31)39-27-12-11-23(15-25(26)27)45-34(35,36)37/h4-12,14-17,19,22,41H,13,18H2,1-3H3,(H,38,42). The molecule has 0 radical (unpaired) electrons. The summed E-state index contributed by atoms with van der Waals surface area (Å²) in [6.07, 6.45) is -2.58. The number of aliphatic hydroxyl groups is 1. The van der Waals surface area contributed by atoms with Crippen molar-refractivity contribution in [1.82, 2.24) is 14.9 Å². The van der Waals surface area contributed by atoms with Gasteiger partial charge < -0.3 is 28.9 Å². The van der Waals surface area contributed by atoms with E-state index in [0.717, 1.165) is 34.0 Å². The van der Waals surface area contributed by atoms with Crippen LogP contribution in [0.5, 0.6) is 11.5 Å². The van der Waals surface area contributed by atoms with Crippen LogP contribution < -0.4 is 14.8 Å². The van der Waals surface area contributed by atoms with Crippen molar-refractivity contribution >= 4 is 38.7 Å². The molecule has 45 heavy (non-hydrogen) atoms. The third-order valence-corrected chi connectivity index (χ3v) is 7.64.